The van der Waals surface area contributed by atoms with E-state index in [0.29, 0.717) is 37.4 Å². The van der Waals surface area contributed by atoms with Crippen LogP contribution in [-0.2, 0) is 24.1 Å². The monoisotopic (exact) mass is 540 g/mol. The average molecular weight is 541 g/mol. The number of carbonyl (C=O) groups is 1. The number of aliphatic hydroxyl groups excluding tert-OH is 1. The molecule has 1 amide bonds. The van der Waals surface area contributed by atoms with E-state index in [4.69, 9.17) is 4.74 Å². The van der Waals surface area contributed by atoms with Gasteiger partial charge in [-0.15, -0.1) is 0 Å². The predicted molar refractivity (Wildman–Crippen MR) is 145 cm³/mol. The second-order valence-electron chi connectivity index (χ2n) is 10.4. The molecule has 3 aromatic rings. The van der Waals surface area contributed by atoms with E-state index in [1.165, 1.54) is 12.1 Å². The maximum atomic E-state index is 13.9. The first-order valence-corrected chi connectivity index (χ1v) is 13.1. The molecule has 0 saturated carbocycles. The molecule has 208 valence electrons. The van der Waals surface area contributed by atoms with Crippen molar-refractivity contribution in [2.24, 2.45) is 5.92 Å². The first kappa shape index (κ1) is 28.8. The SMILES string of the molecule is C[C@H](CO)N1C[C@H](C)[C@@H](CN(C)Cc2cccc(C(F)(F)F)c2)OCc2ccccc2-c2ccccc2C1=O. The molecule has 1 N–H and O–H groups in total. The smallest absolute Gasteiger partial charge is 0.394 e. The topological polar surface area (TPSA) is 53.0 Å². The highest BCUT2D eigenvalue weighted by atomic mass is 19.4. The van der Waals surface area contributed by atoms with Crippen LogP contribution in [0, 0.1) is 5.92 Å². The average Bonchev–Trinajstić information content (AvgIpc) is 2.94. The van der Waals surface area contributed by atoms with Crippen LogP contribution in [0.3, 0.4) is 0 Å². The Hall–Kier alpha value is -3.20. The maximum Gasteiger partial charge on any atom is 0.416 e. The second-order valence-corrected chi connectivity index (χ2v) is 10.4. The van der Waals surface area contributed by atoms with Crippen molar-refractivity contribution in [3.63, 3.8) is 0 Å². The van der Waals surface area contributed by atoms with E-state index in [0.717, 1.165) is 22.8 Å². The Morgan fingerprint density at radius 2 is 1.69 bits per heavy atom. The van der Waals surface area contributed by atoms with E-state index >= 15 is 0 Å². The molecule has 0 aromatic heterocycles. The van der Waals surface area contributed by atoms with E-state index in [-0.39, 0.29) is 24.5 Å². The van der Waals surface area contributed by atoms with Gasteiger partial charge in [0.2, 0.25) is 0 Å². The van der Waals surface area contributed by atoms with Crippen LogP contribution in [-0.4, -0.2) is 59.7 Å². The van der Waals surface area contributed by atoms with Gasteiger partial charge in [-0.2, -0.15) is 13.2 Å². The number of hydrogen-bond donors (Lipinski definition) is 1. The highest BCUT2D eigenvalue weighted by Crippen LogP contribution is 2.32. The third kappa shape index (κ3) is 6.87. The van der Waals surface area contributed by atoms with Crippen LogP contribution in [0.25, 0.3) is 11.1 Å². The van der Waals surface area contributed by atoms with Gasteiger partial charge in [0.15, 0.2) is 0 Å². The third-order valence-electron chi connectivity index (χ3n) is 7.29. The largest absolute Gasteiger partial charge is 0.416 e. The molecular formula is C31H35F3N2O3. The fourth-order valence-corrected chi connectivity index (χ4v) is 5.08. The Balaban J connectivity index is 1.64. The molecular weight excluding hydrogens is 505 g/mol. The molecule has 0 bridgehead atoms. The molecule has 5 nitrogen and oxygen atoms in total. The fourth-order valence-electron chi connectivity index (χ4n) is 5.08. The van der Waals surface area contributed by atoms with Crippen molar-refractivity contribution < 1.29 is 27.8 Å². The molecule has 4 rings (SSSR count). The van der Waals surface area contributed by atoms with Gasteiger partial charge in [0, 0.05) is 31.1 Å². The number of carbonyl (C=O) groups excluding carboxylic acids is 1. The third-order valence-corrected chi connectivity index (χ3v) is 7.29. The second kappa shape index (κ2) is 12.3. The van der Waals surface area contributed by atoms with Crippen LogP contribution in [0.4, 0.5) is 13.2 Å². The molecule has 3 atom stereocenters. The standard InChI is InChI=1S/C31H35F3N2O3/c1-21-16-36(22(2)19-37)30(38)28-14-7-6-13-27(28)26-12-5-4-10-24(26)20-39-29(21)18-35(3)17-23-9-8-11-25(15-23)31(32,33)34/h4-15,21-22,29,37H,16-20H2,1-3H3/t21-,22+,29+/m0/s1. The summed E-state index contributed by atoms with van der Waals surface area (Å²) in [6, 6.07) is 20.2. The lowest BCUT2D eigenvalue weighted by molar-refractivity contribution is -0.137. The molecule has 39 heavy (non-hydrogen) atoms. The van der Waals surface area contributed by atoms with Gasteiger partial charge in [-0.3, -0.25) is 9.69 Å². The molecule has 1 aliphatic heterocycles. The van der Waals surface area contributed by atoms with Crippen LogP contribution in [0.5, 0.6) is 0 Å². The van der Waals surface area contributed by atoms with Gasteiger partial charge < -0.3 is 14.7 Å². The number of nitrogens with zero attached hydrogens (tertiary/aromatic N) is 2. The summed E-state index contributed by atoms with van der Waals surface area (Å²) in [5.74, 6) is -0.281. The number of fused-ring (bicyclic) bond motifs is 3. The van der Waals surface area contributed by atoms with Crippen LogP contribution >= 0.6 is 0 Å². The van der Waals surface area contributed by atoms with Crippen molar-refractivity contribution >= 4 is 5.91 Å². The summed E-state index contributed by atoms with van der Waals surface area (Å²) in [5, 5.41) is 9.98. The van der Waals surface area contributed by atoms with Crippen LogP contribution in [0.15, 0.2) is 72.8 Å². The molecule has 3 aromatic carbocycles. The van der Waals surface area contributed by atoms with Gasteiger partial charge in [0.05, 0.1) is 30.9 Å². The highest BCUT2D eigenvalue weighted by molar-refractivity contribution is 6.01. The number of rotatable bonds is 6. The lowest BCUT2D eigenvalue weighted by Gasteiger charge is -2.35. The summed E-state index contributed by atoms with van der Waals surface area (Å²) in [6.07, 6.45) is -4.72. The quantitative estimate of drug-likeness (QED) is 0.426. The van der Waals surface area contributed by atoms with Crippen molar-refractivity contribution in [1.29, 1.82) is 0 Å². The first-order chi connectivity index (χ1) is 18.6. The maximum absolute atomic E-state index is 13.9. The number of halogens is 3. The van der Waals surface area contributed by atoms with Crippen LogP contribution in [0.2, 0.25) is 0 Å². The fraction of sp³-hybridized carbons (Fsp3) is 0.387. The number of hydrogen-bond acceptors (Lipinski definition) is 4. The summed E-state index contributed by atoms with van der Waals surface area (Å²) < 4.78 is 46.1. The van der Waals surface area contributed by atoms with Crippen molar-refractivity contribution in [3.8, 4) is 11.1 Å². The summed E-state index contributed by atoms with van der Waals surface area (Å²) in [6.45, 7) is 5.07. The number of ether oxygens (including phenoxy) is 1. The molecule has 0 fully saturated rings. The summed E-state index contributed by atoms with van der Waals surface area (Å²) in [7, 11) is 1.85. The molecule has 1 aliphatic rings. The molecule has 0 spiro atoms. The van der Waals surface area contributed by atoms with Gasteiger partial charge in [-0.05, 0) is 48.4 Å². The molecule has 0 unspecified atom stereocenters. The molecule has 0 saturated heterocycles. The Labute approximate surface area is 227 Å². The minimum Gasteiger partial charge on any atom is -0.394 e. The Morgan fingerprint density at radius 3 is 2.38 bits per heavy atom. The molecule has 8 heteroatoms. The van der Waals surface area contributed by atoms with Crippen LogP contribution in [0.1, 0.15) is 40.9 Å². The van der Waals surface area contributed by atoms with Crippen molar-refractivity contribution in [1.82, 2.24) is 9.80 Å². The highest BCUT2D eigenvalue weighted by Gasteiger charge is 2.32. The molecule has 0 aliphatic carbocycles. The molecule has 0 radical (unpaired) electrons. The molecule has 1 heterocycles. The zero-order valence-corrected chi connectivity index (χ0v) is 22.5. The Bertz CT molecular complexity index is 1280. The lowest BCUT2D eigenvalue weighted by atomic mass is 9.94. The number of likely N-dealkylation sites (N-methyl/N-ethyl adjacent to an activating group) is 1. The van der Waals surface area contributed by atoms with E-state index in [9.17, 15) is 23.1 Å². The van der Waals surface area contributed by atoms with E-state index in [1.54, 1.807) is 11.0 Å². The number of amides is 1. The van der Waals surface area contributed by atoms with E-state index in [1.807, 2.05) is 74.3 Å². The van der Waals surface area contributed by atoms with Gasteiger partial charge >= 0.3 is 6.18 Å². The number of benzene rings is 3. The van der Waals surface area contributed by atoms with Crippen LogP contribution < -0.4 is 0 Å². The van der Waals surface area contributed by atoms with Gasteiger partial charge in [0.1, 0.15) is 0 Å². The first-order valence-electron chi connectivity index (χ1n) is 13.1. The Kier molecular flexibility index (Phi) is 9.10. The van der Waals surface area contributed by atoms with E-state index < -0.39 is 17.8 Å². The van der Waals surface area contributed by atoms with Gasteiger partial charge in [-0.1, -0.05) is 67.6 Å². The van der Waals surface area contributed by atoms with Crippen molar-refractivity contribution in [2.45, 2.75) is 45.3 Å². The lowest BCUT2D eigenvalue weighted by Crippen LogP contribution is -2.47. The minimum absolute atomic E-state index is 0.121. The predicted octanol–water partition coefficient (Wildman–Crippen LogP) is 5.86. The summed E-state index contributed by atoms with van der Waals surface area (Å²) in [5.41, 5.74) is 3.12. The van der Waals surface area contributed by atoms with Gasteiger partial charge in [0.25, 0.3) is 5.91 Å². The summed E-state index contributed by atoms with van der Waals surface area (Å²) >= 11 is 0. The van der Waals surface area contributed by atoms with Crippen molar-refractivity contribution in [2.75, 3.05) is 26.7 Å². The zero-order valence-electron chi connectivity index (χ0n) is 22.5. The van der Waals surface area contributed by atoms with Crippen molar-refractivity contribution in [3.05, 3.63) is 95.1 Å². The normalized spacial score (nSPS) is 19.3. The number of aliphatic hydroxyl groups is 1. The minimum atomic E-state index is -4.40. The van der Waals surface area contributed by atoms with Gasteiger partial charge in [-0.25, -0.2) is 0 Å². The zero-order chi connectivity index (χ0) is 28.2. The summed E-state index contributed by atoms with van der Waals surface area (Å²) in [4.78, 5) is 17.5. The number of alkyl halides is 3. The Morgan fingerprint density at radius 1 is 1.03 bits per heavy atom. The van der Waals surface area contributed by atoms with E-state index in [2.05, 4.69) is 0 Å².